The third kappa shape index (κ3) is 3.80. The van der Waals surface area contributed by atoms with Gasteiger partial charge in [-0.25, -0.2) is 4.98 Å². The minimum atomic E-state index is 0.0193. The van der Waals surface area contributed by atoms with Gasteiger partial charge in [0.15, 0.2) is 5.78 Å². The van der Waals surface area contributed by atoms with Gasteiger partial charge in [0.25, 0.3) is 0 Å². The molecule has 5 rings (SSSR count). The largest absolute Gasteiger partial charge is 0.490 e. The van der Waals surface area contributed by atoms with Crippen LogP contribution in [0, 0.1) is 6.92 Å². The zero-order chi connectivity index (χ0) is 21.2. The SMILES string of the molecule is Cc1scnc1C1=C(c2cccs2)C(=O)c2cc(OCCOc3ccccc3)ccc21. The van der Waals surface area contributed by atoms with Crippen LogP contribution in [-0.4, -0.2) is 24.0 Å². The van der Waals surface area contributed by atoms with Gasteiger partial charge >= 0.3 is 0 Å². The van der Waals surface area contributed by atoms with Crippen LogP contribution in [-0.2, 0) is 0 Å². The lowest BCUT2D eigenvalue weighted by Crippen LogP contribution is -2.09. The van der Waals surface area contributed by atoms with Gasteiger partial charge < -0.3 is 9.47 Å². The Morgan fingerprint density at radius 1 is 0.839 bits per heavy atom. The van der Waals surface area contributed by atoms with Crippen molar-refractivity contribution in [2.45, 2.75) is 6.92 Å². The Labute approximate surface area is 188 Å². The molecule has 4 aromatic rings. The number of hydrogen-bond donors (Lipinski definition) is 0. The summed E-state index contributed by atoms with van der Waals surface area (Å²) >= 11 is 3.16. The molecule has 0 fully saturated rings. The Balaban J connectivity index is 1.40. The number of fused-ring (bicyclic) bond motifs is 1. The highest BCUT2D eigenvalue weighted by atomic mass is 32.1. The summed E-state index contributed by atoms with van der Waals surface area (Å²) < 4.78 is 11.6. The molecule has 1 aliphatic rings. The number of allylic oxidation sites excluding steroid dienone is 1. The van der Waals surface area contributed by atoms with Gasteiger partial charge in [-0.15, -0.1) is 22.7 Å². The second kappa shape index (κ2) is 8.49. The summed E-state index contributed by atoms with van der Waals surface area (Å²) in [5.41, 5.74) is 5.92. The molecule has 0 bridgehead atoms. The maximum atomic E-state index is 13.4. The number of ether oxygens (including phenoxy) is 2. The van der Waals surface area contributed by atoms with E-state index in [1.165, 1.54) is 0 Å². The third-order valence-corrected chi connectivity index (χ3v) is 6.74. The molecular weight excluding hydrogens is 426 g/mol. The molecule has 0 atom stereocenters. The average Bonchev–Trinajstić information content (AvgIpc) is 3.52. The average molecular weight is 446 g/mol. The number of nitrogens with zero attached hydrogens (tertiary/aromatic N) is 1. The first-order valence-electron chi connectivity index (χ1n) is 9.91. The van der Waals surface area contributed by atoms with Crippen molar-refractivity contribution in [3.8, 4) is 11.5 Å². The number of benzene rings is 2. The summed E-state index contributed by atoms with van der Waals surface area (Å²) in [6.07, 6.45) is 0. The monoisotopic (exact) mass is 445 g/mol. The minimum absolute atomic E-state index is 0.0193. The lowest BCUT2D eigenvalue weighted by Gasteiger charge is -2.10. The fourth-order valence-electron chi connectivity index (χ4n) is 3.68. The molecular formula is C25H19NO3S2. The van der Waals surface area contributed by atoms with Crippen LogP contribution >= 0.6 is 22.7 Å². The van der Waals surface area contributed by atoms with Crippen LogP contribution in [0.1, 0.15) is 31.4 Å². The summed E-state index contributed by atoms with van der Waals surface area (Å²) in [5.74, 6) is 1.49. The number of carbonyl (C=O) groups is 1. The van der Waals surface area contributed by atoms with Crippen LogP contribution in [0.3, 0.4) is 0 Å². The molecule has 31 heavy (non-hydrogen) atoms. The Morgan fingerprint density at radius 3 is 2.35 bits per heavy atom. The molecule has 0 unspecified atom stereocenters. The normalized spacial score (nSPS) is 12.9. The number of thiazole rings is 1. The lowest BCUT2D eigenvalue weighted by atomic mass is 10.0. The van der Waals surface area contributed by atoms with Crippen molar-refractivity contribution in [3.63, 3.8) is 0 Å². The molecule has 0 spiro atoms. The topological polar surface area (TPSA) is 48.4 Å². The second-order valence-corrected chi connectivity index (χ2v) is 9.04. The quantitative estimate of drug-likeness (QED) is 0.321. The van der Waals surface area contributed by atoms with E-state index < -0.39 is 0 Å². The Morgan fingerprint density at radius 2 is 1.65 bits per heavy atom. The van der Waals surface area contributed by atoms with Gasteiger partial charge in [-0.2, -0.15) is 0 Å². The number of hydrogen-bond acceptors (Lipinski definition) is 6. The van der Waals surface area contributed by atoms with Crippen LogP contribution in [0.25, 0.3) is 11.1 Å². The molecule has 0 N–H and O–H groups in total. The van der Waals surface area contributed by atoms with E-state index in [-0.39, 0.29) is 5.78 Å². The standard InChI is InChI=1S/C25H19NO3S2/c1-16-24(26-15-31-16)22-19-10-9-18(29-12-11-28-17-6-3-2-4-7-17)14-20(19)25(27)23(22)21-8-5-13-30-21/h2-10,13-15H,11-12H2,1H3. The van der Waals surface area contributed by atoms with E-state index in [0.717, 1.165) is 37.9 Å². The highest BCUT2D eigenvalue weighted by Gasteiger charge is 2.33. The van der Waals surface area contributed by atoms with Gasteiger partial charge in [-0.1, -0.05) is 24.3 Å². The number of aryl methyl sites for hydroxylation is 1. The van der Waals surface area contributed by atoms with Crippen LogP contribution in [0.2, 0.25) is 0 Å². The van der Waals surface area contributed by atoms with Gasteiger partial charge in [0, 0.05) is 26.5 Å². The van der Waals surface area contributed by atoms with Crippen LogP contribution in [0.5, 0.6) is 11.5 Å². The van der Waals surface area contributed by atoms with Crippen molar-refractivity contribution in [1.29, 1.82) is 0 Å². The first kappa shape index (κ1) is 19.7. The Hall–Kier alpha value is -3.22. The molecule has 2 aromatic heterocycles. The fourth-order valence-corrected chi connectivity index (χ4v) is 5.04. The molecule has 2 aromatic carbocycles. The number of thiophene rings is 1. The molecule has 4 nitrogen and oxygen atoms in total. The molecule has 154 valence electrons. The zero-order valence-corrected chi connectivity index (χ0v) is 18.5. The van der Waals surface area contributed by atoms with E-state index in [9.17, 15) is 4.79 Å². The van der Waals surface area contributed by atoms with Crippen LogP contribution in [0.4, 0.5) is 0 Å². The maximum Gasteiger partial charge on any atom is 0.195 e. The smallest absolute Gasteiger partial charge is 0.195 e. The fraction of sp³-hybridized carbons (Fsp3) is 0.120. The van der Waals surface area contributed by atoms with Gasteiger partial charge in [0.2, 0.25) is 0 Å². The molecule has 0 aliphatic heterocycles. The van der Waals surface area contributed by atoms with Gasteiger partial charge in [-0.3, -0.25) is 4.79 Å². The molecule has 0 amide bonds. The summed E-state index contributed by atoms with van der Waals surface area (Å²) in [4.78, 5) is 20.1. The number of para-hydroxylation sites is 1. The van der Waals surface area contributed by atoms with Crippen molar-refractivity contribution in [3.05, 3.63) is 98.1 Å². The van der Waals surface area contributed by atoms with Crippen molar-refractivity contribution < 1.29 is 14.3 Å². The van der Waals surface area contributed by atoms with Crippen LogP contribution < -0.4 is 9.47 Å². The maximum absolute atomic E-state index is 13.4. The van der Waals surface area contributed by atoms with Crippen LogP contribution in [0.15, 0.2) is 71.6 Å². The minimum Gasteiger partial charge on any atom is -0.490 e. The van der Waals surface area contributed by atoms with Crippen molar-refractivity contribution in [2.24, 2.45) is 0 Å². The molecule has 0 radical (unpaired) electrons. The second-order valence-electron chi connectivity index (χ2n) is 7.03. The summed E-state index contributed by atoms with van der Waals surface area (Å²) in [6, 6.07) is 19.3. The Bertz CT molecular complexity index is 1260. The van der Waals surface area contributed by atoms with Crippen molar-refractivity contribution >= 4 is 39.6 Å². The number of carbonyl (C=O) groups excluding carboxylic acids is 1. The first-order valence-corrected chi connectivity index (χ1v) is 11.7. The van der Waals surface area contributed by atoms with Crippen molar-refractivity contribution in [2.75, 3.05) is 13.2 Å². The molecule has 2 heterocycles. The van der Waals surface area contributed by atoms with E-state index in [1.54, 1.807) is 22.7 Å². The Kier molecular flexibility index (Phi) is 5.40. The van der Waals surface area contributed by atoms with E-state index in [2.05, 4.69) is 4.98 Å². The predicted octanol–water partition coefficient (Wildman–Crippen LogP) is 6.13. The van der Waals surface area contributed by atoms with E-state index in [0.29, 0.717) is 24.5 Å². The highest BCUT2D eigenvalue weighted by Crippen LogP contribution is 2.45. The number of rotatable bonds is 7. The van der Waals surface area contributed by atoms with E-state index >= 15 is 0 Å². The third-order valence-electron chi connectivity index (χ3n) is 5.10. The summed E-state index contributed by atoms with van der Waals surface area (Å²) in [7, 11) is 0. The molecule has 0 saturated heterocycles. The van der Waals surface area contributed by atoms with Crippen molar-refractivity contribution in [1.82, 2.24) is 4.98 Å². The zero-order valence-electron chi connectivity index (χ0n) is 16.8. The highest BCUT2D eigenvalue weighted by molar-refractivity contribution is 7.12. The lowest BCUT2D eigenvalue weighted by molar-refractivity contribution is 0.105. The predicted molar refractivity (Wildman–Crippen MR) is 125 cm³/mol. The summed E-state index contributed by atoms with van der Waals surface area (Å²) in [6.45, 7) is 2.86. The van der Waals surface area contributed by atoms with Gasteiger partial charge in [-0.05, 0) is 54.3 Å². The van der Waals surface area contributed by atoms with E-state index in [4.69, 9.17) is 9.47 Å². The molecule has 0 saturated carbocycles. The molecule has 6 heteroatoms. The first-order chi connectivity index (χ1) is 15.2. The summed E-state index contributed by atoms with van der Waals surface area (Å²) in [5, 5.41) is 1.99. The van der Waals surface area contributed by atoms with Gasteiger partial charge in [0.05, 0.1) is 11.2 Å². The van der Waals surface area contributed by atoms with E-state index in [1.807, 2.05) is 78.5 Å². The number of Topliss-reactive ketones (excluding diaryl/α,β-unsaturated/α-hetero) is 1. The number of ketones is 1. The molecule has 1 aliphatic carbocycles. The van der Waals surface area contributed by atoms with Gasteiger partial charge in [0.1, 0.15) is 24.7 Å². The number of aromatic nitrogens is 1.